The van der Waals surface area contributed by atoms with Gasteiger partial charge in [-0.1, -0.05) is 19.1 Å². The molecule has 1 aromatic carbocycles. The van der Waals surface area contributed by atoms with Gasteiger partial charge in [-0.2, -0.15) is 0 Å². The van der Waals surface area contributed by atoms with E-state index in [4.69, 9.17) is 0 Å². The first-order valence-electron chi connectivity index (χ1n) is 6.95. The van der Waals surface area contributed by atoms with Crippen LogP contribution < -0.4 is 5.32 Å². The van der Waals surface area contributed by atoms with Crippen LogP contribution in [-0.4, -0.2) is 4.98 Å². The lowest BCUT2D eigenvalue weighted by Crippen LogP contribution is -2.06. The number of thiophene rings is 1. The largest absolute Gasteiger partial charge is 0.378 e. The van der Waals surface area contributed by atoms with Crippen LogP contribution in [0.25, 0.3) is 10.2 Å². The molecule has 0 radical (unpaired) electrons. The third-order valence-corrected chi connectivity index (χ3v) is 4.42. The van der Waals surface area contributed by atoms with E-state index in [1.54, 1.807) is 11.3 Å². The second-order valence-electron chi connectivity index (χ2n) is 4.99. The van der Waals surface area contributed by atoms with Crippen molar-refractivity contribution in [3.8, 4) is 0 Å². The molecule has 0 saturated heterocycles. The highest BCUT2D eigenvalue weighted by atomic mass is 32.1. The Hall–Kier alpha value is -1.87. The SMILES string of the molecule is CCc1ccc(NC(C)c2cnc3ccsc3c2)cc1. The second-order valence-corrected chi connectivity index (χ2v) is 5.94. The minimum Gasteiger partial charge on any atom is -0.378 e. The van der Waals surface area contributed by atoms with Crippen LogP contribution >= 0.6 is 11.3 Å². The minimum absolute atomic E-state index is 0.251. The molecule has 2 aromatic heterocycles. The van der Waals surface area contributed by atoms with Crippen LogP contribution in [-0.2, 0) is 6.42 Å². The maximum Gasteiger partial charge on any atom is 0.0809 e. The highest BCUT2D eigenvalue weighted by Gasteiger charge is 2.07. The van der Waals surface area contributed by atoms with E-state index in [1.807, 2.05) is 6.20 Å². The van der Waals surface area contributed by atoms with Gasteiger partial charge in [0.05, 0.1) is 16.3 Å². The lowest BCUT2D eigenvalue weighted by Gasteiger charge is -2.15. The molecule has 1 unspecified atom stereocenters. The lowest BCUT2D eigenvalue weighted by molar-refractivity contribution is 0.880. The molecule has 0 fully saturated rings. The zero-order chi connectivity index (χ0) is 13.9. The van der Waals surface area contributed by atoms with Gasteiger partial charge in [-0.25, -0.2) is 0 Å². The summed E-state index contributed by atoms with van der Waals surface area (Å²) in [4.78, 5) is 4.50. The van der Waals surface area contributed by atoms with Gasteiger partial charge in [0.25, 0.3) is 0 Å². The summed E-state index contributed by atoms with van der Waals surface area (Å²) in [6.07, 6.45) is 3.04. The number of fused-ring (bicyclic) bond motifs is 1. The van der Waals surface area contributed by atoms with Crippen LogP contribution in [0.4, 0.5) is 5.69 Å². The van der Waals surface area contributed by atoms with E-state index in [-0.39, 0.29) is 6.04 Å². The smallest absolute Gasteiger partial charge is 0.0809 e. The molecule has 0 aliphatic carbocycles. The summed E-state index contributed by atoms with van der Waals surface area (Å²) in [5.74, 6) is 0. The number of hydrogen-bond acceptors (Lipinski definition) is 3. The third-order valence-electron chi connectivity index (χ3n) is 3.57. The summed E-state index contributed by atoms with van der Waals surface area (Å²) < 4.78 is 1.25. The highest BCUT2D eigenvalue weighted by molar-refractivity contribution is 7.17. The van der Waals surface area contributed by atoms with Crippen LogP contribution in [0.3, 0.4) is 0 Å². The van der Waals surface area contributed by atoms with Crippen molar-refractivity contribution >= 4 is 27.2 Å². The number of hydrogen-bond donors (Lipinski definition) is 1. The van der Waals surface area contributed by atoms with Crippen molar-refractivity contribution in [3.63, 3.8) is 0 Å². The van der Waals surface area contributed by atoms with Crippen LogP contribution in [0.1, 0.15) is 31.0 Å². The average molecular weight is 282 g/mol. The first-order chi connectivity index (χ1) is 9.76. The van der Waals surface area contributed by atoms with E-state index in [9.17, 15) is 0 Å². The van der Waals surface area contributed by atoms with Gasteiger partial charge in [0, 0.05) is 11.9 Å². The maximum absolute atomic E-state index is 4.50. The Morgan fingerprint density at radius 1 is 1.20 bits per heavy atom. The van der Waals surface area contributed by atoms with E-state index in [1.165, 1.54) is 15.8 Å². The van der Waals surface area contributed by atoms with Gasteiger partial charge in [0.2, 0.25) is 0 Å². The molecule has 102 valence electrons. The van der Waals surface area contributed by atoms with Crippen molar-refractivity contribution in [2.24, 2.45) is 0 Å². The van der Waals surface area contributed by atoms with Crippen molar-refractivity contribution in [1.82, 2.24) is 4.98 Å². The zero-order valence-electron chi connectivity index (χ0n) is 11.8. The molecule has 0 saturated carbocycles. The van der Waals surface area contributed by atoms with Crippen LogP contribution in [0.15, 0.2) is 48.0 Å². The number of aryl methyl sites for hydroxylation is 1. The van der Waals surface area contributed by atoms with Gasteiger partial charge in [-0.05, 0) is 54.1 Å². The van der Waals surface area contributed by atoms with Gasteiger partial charge in [-0.3, -0.25) is 4.98 Å². The van der Waals surface area contributed by atoms with E-state index < -0.39 is 0 Å². The molecule has 3 rings (SSSR count). The zero-order valence-corrected chi connectivity index (χ0v) is 12.6. The molecule has 2 heterocycles. The second kappa shape index (κ2) is 5.63. The Morgan fingerprint density at radius 2 is 2.00 bits per heavy atom. The number of aromatic nitrogens is 1. The van der Waals surface area contributed by atoms with Gasteiger partial charge < -0.3 is 5.32 Å². The highest BCUT2D eigenvalue weighted by Crippen LogP contribution is 2.25. The van der Waals surface area contributed by atoms with Crippen molar-refractivity contribution in [3.05, 3.63) is 59.1 Å². The first kappa shape index (κ1) is 13.1. The van der Waals surface area contributed by atoms with E-state index in [2.05, 4.69) is 65.9 Å². The lowest BCUT2D eigenvalue weighted by atomic mass is 10.1. The van der Waals surface area contributed by atoms with Gasteiger partial charge in [0.1, 0.15) is 0 Å². The van der Waals surface area contributed by atoms with Crippen molar-refractivity contribution in [2.75, 3.05) is 5.32 Å². The van der Waals surface area contributed by atoms with Gasteiger partial charge in [0.15, 0.2) is 0 Å². The number of nitrogens with one attached hydrogen (secondary N) is 1. The summed E-state index contributed by atoms with van der Waals surface area (Å²) in [6, 6.07) is 13.2. The molecule has 3 aromatic rings. The van der Waals surface area contributed by atoms with Gasteiger partial charge in [-0.15, -0.1) is 11.3 Å². The fourth-order valence-corrected chi connectivity index (χ4v) is 3.06. The molecule has 2 nitrogen and oxygen atoms in total. The monoisotopic (exact) mass is 282 g/mol. The van der Waals surface area contributed by atoms with E-state index >= 15 is 0 Å². The first-order valence-corrected chi connectivity index (χ1v) is 7.83. The number of anilines is 1. The van der Waals surface area contributed by atoms with Crippen LogP contribution in [0.5, 0.6) is 0 Å². The standard InChI is InChI=1S/C17H18N2S/c1-3-13-4-6-15(7-5-13)19-12(2)14-10-17-16(18-11-14)8-9-20-17/h4-12,19H,3H2,1-2H3. The Balaban J connectivity index is 1.78. The molecule has 3 heteroatoms. The molecule has 0 aliphatic heterocycles. The Labute approximate surface area is 123 Å². The summed E-state index contributed by atoms with van der Waals surface area (Å²) in [5, 5.41) is 5.62. The molecule has 0 amide bonds. The third kappa shape index (κ3) is 2.68. The normalized spacial score (nSPS) is 12.5. The van der Waals surface area contributed by atoms with Crippen LogP contribution in [0, 0.1) is 0 Å². The van der Waals surface area contributed by atoms with E-state index in [0.717, 1.165) is 17.6 Å². The fraction of sp³-hybridized carbons (Fsp3) is 0.235. The molecule has 20 heavy (non-hydrogen) atoms. The number of pyridine rings is 1. The van der Waals surface area contributed by atoms with Crippen molar-refractivity contribution < 1.29 is 0 Å². The summed E-state index contributed by atoms with van der Waals surface area (Å²) in [7, 11) is 0. The molecule has 1 N–H and O–H groups in total. The number of benzene rings is 1. The summed E-state index contributed by atoms with van der Waals surface area (Å²) in [5.41, 5.74) is 4.82. The topological polar surface area (TPSA) is 24.9 Å². The number of nitrogens with zero attached hydrogens (tertiary/aromatic N) is 1. The van der Waals surface area contributed by atoms with Crippen molar-refractivity contribution in [1.29, 1.82) is 0 Å². The summed E-state index contributed by atoms with van der Waals surface area (Å²) >= 11 is 1.74. The molecule has 0 aliphatic rings. The molecule has 0 bridgehead atoms. The Bertz CT molecular complexity index is 700. The average Bonchev–Trinajstić information content (AvgIpc) is 2.95. The molecular weight excluding hydrogens is 264 g/mol. The Morgan fingerprint density at radius 3 is 2.75 bits per heavy atom. The predicted molar refractivity (Wildman–Crippen MR) is 87.5 cm³/mol. The Kier molecular flexibility index (Phi) is 3.70. The molecule has 1 atom stereocenters. The molecular formula is C17H18N2S. The predicted octanol–water partition coefficient (Wildman–Crippen LogP) is 5.03. The molecule has 0 spiro atoms. The maximum atomic E-state index is 4.50. The van der Waals surface area contributed by atoms with Crippen LogP contribution in [0.2, 0.25) is 0 Å². The minimum atomic E-state index is 0.251. The van der Waals surface area contributed by atoms with Crippen molar-refractivity contribution in [2.45, 2.75) is 26.3 Å². The fourth-order valence-electron chi connectivity index (χ4n) is 2.27. The number of rotatable bonds is 4. The van der Waals surface area contributed by atoms with E-state index in [0.29, 0.717) is 0 Å². The quantitative estimate of drug-likeness (QED) is 0.725. The van der Waals surface area contributed by atoms with Gasteiger partial charge >= 0.3 is 0 Å². The summed E-state index contributed by atoms with van der Waals surface area (Å²) in [6.45, 7) is 4.34.